The molecule has 0 aliphatic heterocycles. The monoisotopic (exact) mass is 551 g/mol. The molecule has 0 heterocycles. The first-order chi connectivity index (χ1) is 23.5. The maximum absolute atomic E-state index is 10.2. The van der Waals surface area contributed by atoms with Gasteiger partial charge in [-0.3, -0.25) is 0 Å². The van der Waals surface area contributed by atoms with Gasteiger partial charge in [0.15, 0.2) is 0 Å². The summed E-state index contributed by atoms with van der Waals surface area (Å²) in [6.07, 6.45) is 5.36. The van der Waals surface area contributed by atoms with E-state index in [9.17, 15) is 20.4 Å². The Morgan fingerprint density at radius 3 is 1.90 bits per heavy atom. The Balaban J connectivity index is 0.000000313. The molecule has 2 aromatic carbocycles. The van der Waals surface area contributed by atoms with Gasteiger partial charge in [0, 0.05) is 54.2 Å². The molecule has 0 aromatic heterocycles. The first kappa shape index (κ1) is 17.0. The molecule has 2 aromatic rings. The zero-order valence-electron chi connectivity index (χ0n) is 34.3. The predicted molar refractivity (Wildman–Crippen MR) is 154 cm³/mol. The van der Waals surface area contributed by atoms with Crippen molar-refractivity contribution in [2.24, 2.45) is 11.8 Å². The smallest absolute Gasteiger partial charge is 0.126 e. The molecular formula is C32H42O7. The van der Waals surface area contributed by atoms with E-state index >= 15 is 0 Å². The van der Waals surface area contributed by atoms with Crippen LogP contribution in [0.1, 0.15) is 82.5 Å². The second-order valence-electron chi connectivity index (χ2n) is 9.66. The van der Waals surface area contributed by atoms with Crippen molar-refractivity contribution in [3.63, 3.8) is 0 Å². The van der Waals surface area contributed by atoms with E-state index in [0.29, 0.717) is 12.8 Å². The number of aromatic hydroxyl groups is 6. The van der Waals surface area contributed by atoms with Crippen LogP contribution in [-0.4, -0.2) is 41.3 Å². The molecule has 0 fully saturated rings. The molecule has 4 rings (SSSR count). The third-order valence-corrected chi connectivity index (χ3v) is 6.27. The lowest BCUT2D eigenvalue weighted by atomic mass is 9.74. The molecule has 212 valence electrons. The van der Waals surface area contributed by atoms with Crippen LogP contribution in [0.5, 0.6) is 34.5 Å². The van der Waals surface area contributed by atoms with Gasteiger partial charge in [0.2, 0.25) is 0 Å². The van der Waals surface area contributed by atoms with E-state index in [-0.39, 0.29) is 46.8 Å². The summed E-state index contributed by atoms with van der Waals surface area (Å²) in [4.78, 5) is 0. The molecule has 0 saturated carbocycles. The summed E-state index contributed by atoms with van der Waals surface area (Å²) in [7, 11) is 0. The van der Waals surface area contributed by atoms with E-state index < -0.39 is 79.8 Å². The number of hydrogen-bond donors (Lipinski definition) is 7. The lowest BCUT2D eigenvalue weighted by Crippen LogP contribution is -2.25. The van der Waals surface area contributed by atoms with Gasteiger partial charge >= 0.3 is 0 Å². The molecule has 2 aliphatic carbocycles. The Kier molecular flexibility index (Phi) is 5.79. The van der Waals surface area contributed by atoms with Crippen molar-refractivity contribution in [3.8, 4) is 34.5 Å². The Labute approximate surface area is 249 Å². The quantitative estimate of drug-likeness (QED) is 0.206. The van der Waals surface area contributed by atoms with Gasteiger partial charge in [-0.2, -0.15) is 0 Å². The number of phenolic OH excluding ortho intramolecular Hbond substituents is 6. The maximum Gasteiger partial charge on any atom is 0.126 e. The van der Waals surface area contributed by atoms with Gasteiger partial charge in [-0.1, -0.05) is 48.0 Å². The highest BCUT2D eigenvalue weighted by Crippen LogP contribution is 2.47. The van der Waals surface area contributed by atoms with Crippen molar-refractivity contribution in [3.05, 3.63) is 83.9 Å². The molecule has 0 bridgehead atoms. The van der Waals surface area contributed by atoms with E-state index in [2.05, 4.69) is 0 Å². The highest BCUT2D eigenvalue weighted by Gasteiger charge is 2.30. The van der Waals surface area contributed by atoms with Crippen LogP contribution in [0.2, 0.25) is 0 Å². The van der Waals surface area contributed by atoms with E-state index in [0.717, 1.165) is 30.3 Å². The molecule has 0 saturated heterocycles. The number of phenols is 6. The fourth-order valence-electron chi connectivity index (χ4n) is 4.24. The molecule has 7 heteroatoms. The summed E-state index contributed by atoms with van der Waals surface area (Å²) < 4.78 is 97.3. The van der Waals surface area contributed by atoms with Crippen LogP contribution in [0.15, 0.2) is 78.3 Å². The van der Waals surface area contributed by atoms with E-state index in [1.54, 1.807) is 19.1 Å². The second kappa shape index (κ2) is 13.3. The summed E-state index contributed by atoms with van der Waals surface area (Å²) in [5.41, 5.74) is -1.63. The summed E-state index contributed by atoms with van der Waals surface area (Å²) in [6.45, 7) is -7.52. The maximum atomic E-state index is 10.2. The molecule has 7 N–H and O–H groups in total. The Morgan fingerprint density at radius 1 is 0.872 bits per heavy atom. The Morgan fingerprint density at radius 2 is 1.44 bits per heavy atom. The third-order valence-electron chi connectivity index (χ3n) is 6.27. The van der Waals surface area contributed by atoms with Crippen molar-refractivity contribution in [2.45, 2.75) is 64.7 Å². The zero-order chi connectivity index (χ0) is 40.1. The van der Waals surface area contributed by atoms with Crippen molar-refractivity contribution < 1.29 is 53.6 Å². The van der Waals surface area contributed by atoms with Crippen LogP contribution < -0.4 is 0 Å². The molecule has 7 nitrogen and oxygen atoms in total. The molecule has 39 heavy (non-hydrogen) atoms. The predicted octanol–water partition coefficient (Wildman–Crippen LogP) is 6.90. The van der Waals surface area contributed by atoms with Crippen LogP contribution >= 0.6 is 0 Å². The van der Waals surface area contributed by atoms with Crippen LogP contribution in [0.4, 0.5) is 0 Å². The van der Waals surface area contributed by atoms with Crippen molar-refractivity contribution >= 4 is 0 Å². The number of rotatable bonds is 3. The lowest BCUT2D eigenvalue weighted by molar-refractivity contribution is 0.0903. The van der Waals surface area contributed by atoms with Gasteiger partial charge in [0.05, 0.1) is 11.1 Å². The molecule has 0 unspecified atom stereocenters. The second-order valence-corrected chi connectivity index (χ2v) is 9.66. The summed E-state index contributed by atoms with van der Waals surface area (Å²) in [6, 6.07) is 5.31. The average Bonchev–Trinajstić information content (AvgIpc) is 2.92. The minimum absolute atomic E-state index is 0.0175. The number of aliphatic hydroxyl groups is 1. The zero-order valence-corrected chi connectivity index (χ0v) is 21.3. The minimum Gasteiger partial charge on any atom is -0.508 e. The van der Waals surface area contributed by atoms with Gasteiger partial charge < -0.3 is 35.7 Å². The van der Waals surface area contributed by atoms with Crippen molar-refractivity contribution in [2.75, 3.05) is 0 Å². The summed E-state index contributed by atoms with van der Waals surface area (Å²) in [5.74, 6) is -4.44. The minimum atomic E-state index is -2.77. The largest absolute Gasteiger partial charge is 0.508 e. The van der Waals surface area contributed by atoms with Crippen LogP contribution in [0.25, 0.3) is 0 Å². The normalized spacial score (nSPS) is 29.4. The van der Waals surface area contributed by atoms with Gasteiger partial charge in [-0.15, -0.1) is 0 Å². The van der Waals surface area contributed by atoms with Crippen LogP contribution in [0.3, 0.4) is 0 Å². The fourth-order valence-corrected chi connectivity index (χ4v) is 4.24. The number of allylic oxidation sites excluding steroid dienone is 5. The first-order valence-corrected chi connectivity index (χ1v) is 12.0. The van der Waals surface area contributed by atoms with E-state index in [1.165, 1.54) is 6.08 Å². The Bertz CT molecular complexity index is 1620. The fraction of sp³-hybridized carbons (Fsp3) is 0.375. The molecule has 0 spiro atoms. The van der Waals surface area contributed by atoms with E-state index in [4.69, 9.17) is 33.1 Å². The van der Waals surface area contributed by atoms with Gasteiger partial charge in [-0.25, -0.2) is 0 Å². The highest BCUT2D eigenvalue weighted by atomic mass is 16.3. The van der Waals surface area contributed by atoms with Crippen LogP contribution in [0, 0.1) is 11.8 Å². The molecule has 0 radical (unpaired) electrons. The van der Waals surface area contributed by atoms with Crippen molar-refractivity contribution in [1.29, 1.82) is 0 Å². The summed E-state index contributed by atoms with van der Waals surface area (Å²) >= 11 is 0. The topological polar surface area (TPSA) is 142 Å². The number of hydrogen-bond acceptors (Lipinski definition) is 7. The molecule has 4 atom stereocenters. The van der Waals surface area contributed by atoms with Gasteiger partial charge in [-0.05, 0) is 65.0 Å². The van der Waals surface area contributed by atoms with Gasteiger partial charge in [0.25, 0.3) is 0 Å². The molecular weight excluding hydrogens is 496 g/mol. The van der Waals surface area contributed by atoms with Gasteiger partial charge in [0.1, 0.15) is 34.5 Å². The SMILES string of the molecule is Oc1cc(O)cc(O)c1.[2H]C([2H])=C([C@@H]1CCC(C([2H])([2H])[2H])=C[C@H]1c1c(O)cc(O)cc1O)C([2H])([2H])[2H].[2H]C([2H])=C([C@H]1C=C[C@@](C)(O)CC1)C([2H])([2H])[2H]. The Hall–Kier alpha value is -3.84. The number of benzene rings is 2. The average molecular weight is 552 g/mol. The summed E-state index contributed by atoms with van der Waals surface area (Å²) in [5, 5.41) is 65.6. The van der Waals surface area contributed by atoms with E-state index in [1.807, 2.05) is 0 Å². The molecule has 2 aliphatic rings. The first-order valence-electron chi connectivity index (χ1n) is 18.5. The van der Waals surface area contributed by atoms with Crippen LogP contribution in [-0.2, 0) is 0 Å². The molecule has 0 amide bonds. The van der Waals surface area contributed by atoms with Crippen molar-refractivity contribution in [1.82, 2.24) is 0 Å². The lowest BCUT2D eigenvalue weighted by Gasteiger charge is -2.31. The highest BCUT2D eigenvalue weighted by molar-refractivity contribution is 5.53. The standard InChI is InChI=1S/C16H20O3.C10H16O.C6H6O3/c1-9(2)12-5-4-10(3)6-13(12)16-14(18)7-11(17)8-15(16)19;1-8(2)9-4-6-10(3,11)7-5-9;7-4-1-5(8)3-6(9)2-4/h6-8,12-13,17-19H,1,4-5H2,2-3H3;4,6,9,11H,1,5,7H2,2-3H3;1-3,7-9H/t12-,13+;9-,10+;/m00./s1/i1D2,2D3,3D3;1D2,2D3;. The third kappa shape index (κ3) is 9.45.